The van der Waals surface area contributed by atoms with Crippen LogP contribution in [0.4, 0.5) is 25.8 Å². The minimum Gasteiger partial charge on any atom is -0.492 e. The Morgan fingerprint density at radius 2 is 2.15 bits per heavy atom. The van der Waals surface area contributed by atoms with Crippen LogP contribution in [0, 0.1) is 17.1 Å². The zero-order valence-electron chi connectivity index (χ0n) is 21.7. The first-order chi connectivity index (χ1) is 19.8. The average Bonchev–Trinajstić information content (AvgIpc) is 3.38. The van der Waals surface area contributed by atoms with Crippen LogP contribution in [-0.4, -0.2) is 50.1 Å². The number of aromatic nitrogens is 4. The summed E-state index contributed by atoms with van der Waals surface area (Å²) in [6.45, 7) is 2.15. The Kier molecular flexibility index (Phi) is 10.0. The van der Waals surface area contributed by atoms with Crippen LogP contribution in [0.15, 0.2) is 54.9 Å². The molecule has 2 N–H and O–H groups in total. The van der Waals surface area contributed by atoms with Gasteiger partial charge in [0, 0.05) is 42.2 Å². The van der Waals surface area contributed by atoms with Gasteiger partial charge in [0.2, 0.25) is 5.91 Å². The zero-order chi connectivity index (χ0) is 29.4. The summed E-state index contributed by atoms with van der Waals surface area (Å²) in [5.41, 5.74) is 2.48. The zero-order valence-corrected chi connectivity index (χ0v) is 23.3. The van der Waals surface area contributed by atoms with Crippen LogP contribution in [0.2, 0.25) is 5.02 Å². The lowest BCUT2D eigenvalue weighted by atomic mass is 10.1. The Labute approximate surface area is 244 Å². The highest BCUT2D eigenvalue weighted by Crippen LogP contribution is 2.36. The van der Waals surface area contributed by atoms with Gasteiger partial charge >= 0.3 is 0 Å². The number of ether oxygens (including phenoxy) is 1. The van der Waals surface area contributed by atoms with Gasteiger partial charge < -0.3 is 15.4 Å². The molecule has 4 aromatic rings. The van der Waals surface area contributed by atoms with Crippen LogP contribution in [0.1, 0.15) is 18.2 Å². The van der Waals surface area contributed by atoms with Crippen molar-refractivity contribution in [3.63, 3.8) is 0 Å². The lowest BCUT2D eigenvalue weighted by Crippen LogP contribution is -2.14. The number of halogens is 4. The minimum atomic E-state index is -0.574. The van der Waals surface area contributed by atoms with Crippen molar-refractivity contribution >= 4 is 57.2 Å². The third-order valence-corrected chi connectivity index (χ3v) is 6.19. The maximum absolute atomic E-state index is 13.7. The van der Waals surface area contributed by atoms with E-state index in [4.69, 9.17) is 28.1 Å². The lowest BCUT2D eigenvalue weighted by molar-refractivity contribution is -0.111. The number of carbonyl (C=O) groups excluding carboxylic acids is 1. The van der Waals surface area contributed by atoms with Crippen molar-refractivity contribution in [2.45, 2.75) is 20.0 Å². The molecule has 0 radical (unpaired) electrons. The van der Waals surface area contributed by atoms with E-state index >= 15 is 0 Å². The fourth-order valence-corrected chi connectivity index (χ4v) is 4.21. The van der Waals surface area contributed by atoms with Crippen molar-refractivity contribution in [1.29, 1.82) is 5.26 Å². The Morgan fingerprint density at radius 3 is 2.88 bits per heavy atom. The van der Waals surface area contributed by atoms with Crippen molar-refractivity contribution in [3.05, 3.63) is 77.0 Å². The summed E-state index contributed by atoms with van der Waals surface area (Å²) in [7, 11) is 0. The van der Waals surface area contributed by atoms with Crippen molar-refractivity contribution in [1.82, 2.24) is 24.4 Å². The quantitative estimate of drug-likeness (QED) is 0.156. The highest BCUT2D eigenvalue weighted by Gasteiger charge is 2.16. The third-order valence-electron chi connectivity index (χ3n) is 5.64. The third kappa shape index (κ3) is 7.67. The molecule has 1 amide bonds. The summed E-state index contributed by atoms with van der Waals surface area (Å²) in [5.74, 6) is -0.645. The van der Waals surface area contributed by atoms with Gasteiger partial charge in [-0.2, -0.15) is 5.26 Å². The molecule has 0 bridgehead atoms. The van der Waals surface area contributed by atoms with Gasteiger partial charge in [-0.3, -0.25) is 9.78 Å². The van der Waals surface area contributed by atoms with Crippen LogP contribution in [-0.2, 0) is 17.9 Å². The van der Waals surface area contributed by atoms with E-state index in [1.807, 2.05) is 0 Å². The minimum absolute atomic E-state index is 0.0797. The standard InChI is InChI=1S/C27H24Cl2F2N8O2/c1-2-41-25-12-23-20(27(17(13-32)14-33-23)34-18-5-6-22(31)21(28)10-18)11-24(25)35-26(40)4-3-8-38(29)15-19-16-39(9-7-30)37-36-19/h3-6,10-12,14,16H,2,7-9,15H2,1H3,(H,33,34)(H,35,40)/b4-3+. The van der Waals surface area contributed by atoms with Crippen molar-refractivity contribution in [3.8, 4) is 11.8 Å². The Bertz CT molecular complexity index is 1620. The molecular formula is C27H24Cl2F2N8O2. The smallest absolute Gasteiger partial charge is 0.248 e. The van der Waals surface area contributed by atoms with E-state index in [1.54, 1.807) is 31.3 Å². The number of anilines is 3. The SMILES string of the molecule is CCOc1cc2ncc(C#N)c(Nc3ccc(F)c(Cl)c3)c2cc1NC(=O)/C=C/CN(Cl)Cc1cn(CCF)nn1. The number of fused-ring (bicyclic) bond motifs is 1. The highest BCUT2D eigenvalue weighted by molar-refractivity contribution is 6.31. The van der Waals surface area contributed by atoms with E-state index in [1.165, 1.54) is 39.6 Å². The average molecular weight is 601 g/mol. The van der Waals surface area contributed by atoms with Gasteiger partial charge in [-0.25, -0.2) is 17.9 Å². The number of nitrogens with zero attached hydrogens (tertiary/aromatic N) is 6. The molecule has 0 atom stereocenters. The van der Waals surface area contributed by atoms with E-state index in [9.17, 15) is 18.8 Å². The fraction of sp³-hybridized carbons (Fsp3) is 0.222. The van der Waals surface area contributed by atoms with E-state index < -0.39 is 18.4 Å². The van der Waals surface area contributed by atoms with E-state index in [-0.39, 0.29) is 30.2 Å². The Balaban J connectivity index is 1.54. The number of rotatable bonds is 12. The van der Waals surface area contributed by atoms with Gasteiger partial charge in [0.15, 0.2) is 0 Å². The number of alkyl halides is 1. The Hall–Kier alpha value is -4.31. The van der Waals surface area contributed by atoms with Gasteiger partial charge in [0.05, 0.1) is 52.9 Å². The number of hydrogen-bond donors (Lipinski definition) is 2. The second kappa shape index (κ2) is 13.8. The molecule has 2 aromatic carbocycles. The molecule has 0 aliphatic carbocycles. The van der Waals surface area contributed by atoms with Crippen molar-refractivity contribution in [2.75, 3.05) is 30.5 Å². The predicted molar refractivity (Wildman–Crippen MR) is 152 cm³/mol. The number of benzene rings is 2. The Morgan fingerprint density at radius 1 is 1.32 bits per heavy atom. The van der Waals surface area contributed by atoms with Crippen LogP contribution >= 0.6 is 23.4 Å². The van der Waals surface area contributed by atoms with Crippen molar-refractivity contribution < 1.29 is 18.3 Å². The first kappa shape index (κ1) is 29.7. The van der Waals surface area contributed by atoms with Gasteiger partial charge in [-0.1, -0.05) is 22.9 Å². The van der Waals surface area contributed by atoms with E-state index in [2.05, 4.69) is 32.0 Å². The summed E-state index contributed by atoms with van der Waals surface area (Å²) in [4.78, 5) is 17.1. The number of amides is 1. The maximum Gasteiger partial charge on any atom is 0.248 e. The van der Waals surface area contributed by atoms with Crippen LogP contribution in [0.25, 0.3) is 10.9 Å². The first-order valence-electron chi connectivity index (χ1n) is 12.4. The summed E-state index contributed by atoms with van der Waals surface area (Å²) in [6, 6.07) is 9.49. The van der Waals surface area contributed by atoms with Gasteiger partial charge in [-0.05, 0) is 43.0 Å². The largest absolute Gasteiger partial charge is 0.492 e. The molecule has 212 valence electrons. The molecule has 0 aliphatic heterocycles. The van der Waals surface area contributed by atoms with E-state index in [0.29, 0.717) is 46.0 Å². The number of nitrogens with one attached hydrogen (secondary N) is 2. The second-order valence-electron chi connectivity index (χ2n) is 8.57. The fourth-order valence-electron chi connectivity index (χ4n) is 3.83. The summed E-state index contributed by atoms with van der Waals surface area (Å²) < 4.78 is 34.6. The molecule has 0 saturated heterocycles. The topological polar surface area (TPSA) is 121 Å². The highest BCUT2D eigenvalue weighted by atomic mass is 35.5. The lowest BCUT2D eigenvalue weighted by Gasteiger charge is -2.16. The normalized spacial score (nSPS) is 11.2. The molecule has 41 heavy (non-hydrogen) atoms. The second-order valence-corrected chi connectivity index (χ2v) is 9.45. The van der Waals surface area contributed by atoms with Gasteiger partial charge in [0.1, 0.15) is 24.3 Å². The van der Waals surface area contributed by atoms with E-state index in [0.717, 1.165) is 0 Å². The molecule has 0 unspecified atom stereocenters. The van der Waals surface area contributed by atoms with Crippen LogP contribution < -0.4 is 15.4 Å². The monoisotopic (exact) mass is 600 g/mol. The molecular weight excluding hydrogens is 577 g/mol. The molecule has 14 heteroatoms. The molecule has 0 aliphatic rings. The molecule has 0 fully saturated rings. The number of pyridine rings is 1. The molecule has 0 saturated carbocycles. The van der Waals surface area contributed by atoms with Gasteiger partial charge in [-0.15, -0.1) is 5.10 Å². The number of hydrogen-bond acceptors (Lipinski definition) is 8. The molecule has 10 nitrogen and oxygen atoms in total. The molecule has 4 rings (SSSR count). The molecule has 2 aromatic heterocycles. The van der Waals surface area contributed by atoms with Crippen LogP contribution in [0.5, 0.6) is 5.75 Å². The van der Waals surface area contributed by atoms with Gasteiger partial charge in [0.25, 0.3) is 0 Å². The first-order valence-corrected chi connectivity index (χ1v) is 13.1. The summed E-state index contributed by atoms with van der Waals surface area (Å²) >= 11 is 12.1. The molecule has 0 spiro atoms. The summed E-state index contributed by atoms with van der Waals surface area (Å²) in [6.07, 6.45) is 5.89. The maximum atomic E-state index is 13.7. The van der Waals surface area contributed by atoms with Crippen LogP contribution in [0.3, 0.4) is 0 Å². The number of carbonyl (C=O) groups is 1. The number of aryl methyl sites for hydroxylation is 1. The predicted octanol–water partition coefficient (Wildman–Crippen LogP) is 5.75. The number of nitriles is 1. The van der Waals surface area contributed by atoms with Crippen molar-refractivity contribution in [2.24, 2.45) is 0 Å². The summed E-state index contributed by atoms with van der Waals surface area (Å²) in [5, 5.41) is 23.8. The molecule has 2 heterocycles.